The Kier molecular flexibility index (Phi) is 8.68. The van der Waals surface area contributed by atoms with E-state index in [1.165, 1.54) is 0 Å². The maximum atomic E-state index is 11.7. The summed E-state index contributed by atoms with van der Waals surface area (Å²) < 4.78 is 23.3. The van der Waals surface area contributed by atoms with Crippen LogP contribution in [0.3, 0.4) is 0 Å². The lowest BCUT2D eigenvalue weighted by atomic mass is 10.0. The van der Waals surface area contributed by atoms with Crippen molar-refractivity contribution in [1.29, 1.82) is 0 Å². The predicted octanol–water partition coefficient (Wildman–Crippen LogP) is 5.77. The average Bonchev–Trinajstić information content (AvgIpc) is 2.88. The number of carbonyl (C=O) groups is 2. The van der Waals surface area contributed by atoms with E-state index >= 15 is 0 Å². The summed E-state index contributed by atoms with van der Waals surface area (Å²) in [5, 5.41) is 3.49. The molecule has 0 spiro atoms. The molecule has 3 rings (SSSR count). The number of hydrogen-bond acceptors (Lipinski definition) is 6. The van der Waals surface area contributed by atoms with Crippen LogP contribution in [0.5, 0.6) is 11.5 Å². The quantitative estimate of drug-likeness (QED) is 0.193. The third kappa shape index (κ3) is 5.76. The fourth-order valence-corrected chi connectivity index (χ4v) is 3.61. The minimum absolute atomic E-state index is 0.208. The smallest absolute Gasteiger partial charge is 0.330 e. The normalized spacial score (nSPS) is 12.5. The third-order valence-electron chi connectivity index (χ3n) is 5.47. The number of fused-ring (bicyclic) bond motifs is 2. The van der Waals surface area contributed by atoms with Gasteiger partial charge in [0.05, 0.1) is 0 Å². The maximum absolute atomic E-state index is 11.7. The second-order valence-electron chi connectivity index (χ2n) is 7.71. The van der Waals surface area contributed by atoms with Crippen molar-refractivity contribution in [3.05, 3.63) is 73.8 Å². The molecule has 3 aromatic rings. The highest BCUT2D eigenvalue weighted by atomic mass is 16.6. The van der Waals surface area contributed by atoms with Crippen molar-refractivity contribution in [1.82, 2.24) is 0 Å². The first-order valence-corrected chi connectivity index (χ1v) is 11.4. The number of hydrogen-bond donors (Lipinski definition) is 0. The van der Waals surface area contributed by atoms with E-state index in [1.807, 2.05) is 62.4 Å². The Hall–Kier alpha value is -3.80. The van der Waals surface area contributed by atoms with Gasteiger partial charge in [0, 0.05) is 33.7 Å². The molecule has 6 nitrogen and oxygen atoms in total. The van der Waals surface area contributed by atoms with E-state index in [9.17, 15) is 9.59 Å². The predicted molar refractivity (Wildman–Crippen MR) is 133 cm³/mol. The zero-order chi connectivity index (χ0) is 24.5. The number of benzene rings is 3. The number of rotatable bonds is 12. The van der Waals surface area contributed by atoms with Crippen molar-refractivity contribution in [2.24, 2.45) is 0 Å². The molecule has 2 unspecified atom stereocenters. The summed E-state index contributed by atoms with van der Waals surface area (Å²) in [6, 6.07) is 15.6. The van der Waals surface area contributed by atoms with Crippen LogP contribution in [-0.2, 0) is 19.1 Å². The first kappa shape index (κ1) is 24.8. The Labute approximate surface area is 199 Å². The van der Waals surface area contributed by atoms with Crippen LogP contribution in [-0.4, -0.2) is 37.4 Å². The molecule has 0 heterocycles. The zero-order valence-electron chi connectivity index (χ0n) is 19.6. The second kappa shape index (κ2) is 11.9. The van der Waals surface area contributed by atoms with Crippen molar-refractivity contribution in [3.8, 4) is 11.5 Å². The Bertz CT molecular complexity index is 1030. The Balaban J connectivity index is 1.99. The van der Waals surface area contributed by atoms with Gasteiger partial charge < -0.3 is 18.9 Å². The lowest BCUT2D eigenvalue weighted by Crippen LogP contribution is -2.24. The van der Waals surface area contributed by atoms with E-state index in [0.29, 0.717) is 24.3 Å². The first-order chi connectivity index (χ1) is 16.5. The Morgan fingerprint density at radius 1 is 0.706 bits per heavy atom. The molecule has 178 valence electrons. The van der Waals surface area contributed by atoms with E-state index < -0.39 is 24.1 Å². The maximum Gasteiger partial charge on any atom is 0.330 e. The Morgan fingerprint density at radius 2 is 1.03 bits per heavy atom. The number of ether oxygens (including phenoxy) is 4. The standard InChI is InChI=1S/C28H30O6/c1-5-19(33-25(29)7-3)17-31-27-21-13-9-11-15-23(21)28(24-16-12-10-14-22(24)27)32-18-20(6-2)34-26(30)8-4/h7-16,19-20H,3-6,17-18H2,1-2H3. The summed E-state index contributed by atoms with van der Waals surface area (Å²) in [7, 11) is 0. The van der Waals surface area contributed by atoms with Gasteiger partial charge >= 0.3 is 11.9 Å². The monoisotopic (exact) mass is 462 g/mol. The van der Waals surface area contributed by atoms with Gasteiger partial charge in [-0.25, -0.2) is 9.59 Å². The lowest BCUT2D eigenvalue weighted by molar-refractivity contribution is -0.145. The zero-order valence-corrected chi connectivity index (χ0v) is 19.6. The summed E-state index contributed by atoms with van der Waals surface area (Å²) in [4.78, 5) is 23.3. The van der Waals surface area contributed by atoms with Crippen molar-refractivity contribution >= 4 is 33.5 Å². The van der Waals surface area contributed by atoms with E-state index in [4.69, 9.17) is 18.9 Å². The molecule has 0 aliphatic rings. The molecule has 0 N–H and O–H groups in total. The van der Waals surface area contributed by atoms with Crippen LogP contribution in [0.15, 0.2) is 73.8 Å². The van der Waals surface area contributed by atoms with Gasteiger partial charge in [-0.2, -0.15) is 0 Å². The molecule has 0 saturated carbocycles. The summed E-state index contributed by atoms with van der Waals surface area (Å²) in [5.41, 5.74) is 0. The van der Waals surface area contributed by atoms with Gasteiger partial charge in [-0.15, -0.1) is 0 Å². The molecule has 34 heavy (non-hydrogen) atoms. The van der Waals surface area contributed by atoms with Crippen LogP contribution in [0.2, 0.25) is 0 Å². The minimum Gasteiger partial charge on any atom is -0.488 e. The average molecular weight is 463 g/mol. The minimum atomic E-state index is -0.475. The number of esters is 2. The van der Waals surface area contributed by atoms with Gasteiger partial charge in [-0.1, -0.05) is 75.5 Å². The molecule has 6 heteroatoms. The van der Waals surface area contributed by atoms with Gasteiger partial charge in [-0.3, -0.25) is 0 Å². The lowest BCUT2D eigenvalue weighted by Gasteiger charge is -2.21. The molecule has 0 aliphatic carbocycles. The van der Waals surface area contributed by atoms with Crippen LogP contribution >= 0.6 is 0 Å². The van der Waals surface area contributed by atoms with Gasteiger partial charge in [0.25, 0.3) is 0 Å². The largest absolute Gasteiger partial charge is 0.488 e. The molecule has 0 bridgehead atoms. The van der Waals surface area contributed by atoms with E-state index in [1.54, 1.807) is 0 Å². The third-order valence-corrected chi connectivity index (χ3v) is 5.47. The molecular formula is C28H30O6. The van der Waals surface area contributed by atoms with E-state index in [-0.39, 0.29) is 13.2 Å². The van der Waals surface area contributed by atoms with Crippen LogP contribution in [0, 0.1) is 0 Å². The summed E-state index contributed by atoms with van der Waals surface area (Å²) >= 11 is 0. The highest BCUT2D eigenvalue weighted by Crippen LogP contribution is 2.42. The molecule has 0 amide bonds. The van der Waals surface area contributed by atoms with Gasteiger partial charge in [0.2, 0.25) is 0 Å². The second-order valence-corrected chi connectivity index (χ2v) is 7.71. The van der Waals surface area contributed by atoms with Crippen molar-refractivity contribution in [3.63, 3.8) is 0 Å². The molecule has 0 aromatic heterocycles. The highest BCUT2D eigenvalue weighted by molar-refractivity contribution is 6.11. The van der Waals surface area contributed by atoms with Crippen LogP contribution < -0.4 is 9.47 Å². The van der Waals surface area contributed by atoms with Gasteiger partial charge in [0.15, 0.2) is 0 Å². The molecule has 0 aliphatic heterocycles. The molecule has 0 radical (unpaired) electrons. The van der Waals surface area contributed by atoms with Crippen molar-refractivity contribution in [2.75, 3.05) is 13.2 Å². The van der Waals surface area contributed by atoms with Crippen molar-refractivity contribution < 1.29 is 28.5 Å². The topological polar surface area (TPSA) is 71.1 Å². The highest BCUT2D eigenvalue weighted by Gasteiger charge is 2.20. The molecule has 0 saturated heterocycles. The van der Waals surface area contributed by atoms with Gasteiger partial charge in [0.1, 0.15) is 36.9 Å². The van der Waals surface area contributed by atoms with E-state index in [2.05, 4.69) is 13.2 Å². The first-order valence-electron chi connectivity index (χ1n) is 11.4. The summed E-state index contributed by atoms with van der Waals surface area (Å²) in [6.45, 7) is 11.2. The fourth-order valence-electron chi connectivity index (χ4n) is 3.61. The summed E-state index contributed by atoms with van der Waals surface area (Å²) in [6.07, 6.45) is 2.72. The van der Waals surface area contributed by atoms with Crippen LogP contribution in [0.1, 0.15) is 26.7 Å². The van der Waals surface area contributed by atoms with E-state index in [0.717, 1.165) is 33.7 Å². The van der Waals surface area contributed by atoms with Gasteiger partial charge in [-0.05, 0) is 12.8 Å². The number of carbonyl (C=O) groups excluding carboxylic acids is 2. The molecular weight excluding hydrogens is 432 g/mol. The fraction of sp³-hybridized carbons (Fsp3) is 0.286. The van der Waals surface area contributed by atoms with Crippen molar-refractivity contribution in [2.45, 2.75) is 38.9 Å². The van der Waals surface area contributed by atoms with Crippen LogP contribution in [0.4, 0.5) is 0 Å². The molecule has 0 fully saturated rings. The van der Waals surface area contributed by atoms with Crippen LogP contribution in [0.25, 0.3) is 21.5 Å². The summed E-state index contributed by atoms with van der Waals surface area (Å²) in [5.74, 6) is 0.432. The SMILES string of the molecule is C=CC(=O)OC(CC)COc1c2ccccc2c(OCC(CC)OC(=O)C=C)c2ccccc12. The molecule has 3 aromatic carbocycles. The molecule has 2 atom stereocenters. The Morgan fingerprint density at radius 3 is 1.29 bits per heavy atom.